The molecule has 1 rings (SSSR count). The van der Waals surface area contributed by atoms with Gasteiger partial charge in [-0.3, -0.25) is 0 Å². The predicted molar refractivity (Wildman–Crippen MR) is 66.5 cm³/mol. The molecule has 2 nitrogen and oxygen atoms in total. The average Bonchev–Trinajstić information content (AvgIpc) is 2.28. The number of thioether (sulfide) groups is 1. The molecule has 0 aliphatic carbocycles. The summed E-state index contributed by atoms with van der Waals surface area (Å²) in [6, 6.07) is 10.5. The van der Waals surface area contributed by atoms with E-state index in [1.54, 1.807) is 7.11 Å². The van der Waals surface area contributed by atoms with E-state index in [0.717, 1.165) is 25.4 Å². The minimum atomic E-state index is 0.812. The molecule has 0 N–H and O–H groups in total. The van der Waals surface area contributed by atoms with Gasteiger partial charge < -0.3 is 9.64 Å². The third-order valence-corrected chi connectivity index (χ3v) is 3.15. The van der Waals surface area contributed by atoms with Gasteiger partial charge in [0.1, 0.15) is 0 Å². The molecule has 84 valence electrons. The first-order chi connectivity index (χ1) is 7.33. The van der Waals surface area contributed by atoms with E-state index in [-0.39, 0.29) is 0 Å². The number of methoxy groups -OCH3 is 1. The topological polar surface area (TPSA) is 12.5 Å². The lowest BCUT2D eigenvalue weighted by atomic mass is 10.4. The monoisotopic (exact) mass is 225 g/mol. The van der Waals surface area contributed by atoms with Gasteiger partial charge >= 0.3 is 0 Å². The molecule has 1 aromatic rings. The van der Waals surface area contributed by atoms with Crippen LogP contribution in [0.1, 0.15) is 0 Å². The van der Waals surface area contributed by atoms with Crippen molar-refractivity contribution in [2.24, 2.45) is 0 Å². The van der Waals surface area contributed by atoms with Crippen molar-refractivity contribution in [3.63, 3.8) is 0 Å². The van der Waals surface area contributed by atoms with E-state index in [2.05, 4.69) is 42.3 Å². The largest absolute Gasteiger partial charge is 0.383 e. The van der Waals surface area contributed by atoms with Crippen LogP contribution in [-0.4, -0.2) is 44.5 Å². The Morgan fingerprint density at radius 2 is 1.93 bits per heavy atom. The van der Waals surface area contributed by atoms with E-state index in [4.69, 9.17) is 4.74 Å². The summed E-state index contributed by atoms with van der Waals surface area (Å²) < 4.78 is 5.03. The quantitative estimate of drug-likeness (QED) is 0.661. The van der Waals surface area contributed by atoms with Gasteiger partial charge in [0.2, 0.25) is 0 Å². The zero-order chi connectivity index (χ0) is 10.9. The van der Waals surface area contributed by atoms with Crippen LogP contribution in [0.25, 0.3) is 0 Å². The molecular weight excluding hydrogens is 206 g/mol. The zero-order valence-corrected chi connectivity index (χ0v) is 10.3. The summed E-state index contributed by atoms with van der Waals surface area (Å²) in [6.45, 7) is 2.92. The van der Waals surface area contributed by atoms with Crippen molar-refractivity contribution in [2.75, 3.05) is 39.6 Å². The molecular formula is C12H19NOS. The third-order valence-electron chi connectivity index (χ3n) is 2.16. The first-order valence-electron chi connectivity index (χ1n) is 5.18. The molecule has 0 fully saturated rings. The van der Waals surface area contributed by atoms with Gasteiger partial charge in [0.05, 0.1) is 6.61 Å². The number of hydrogen-bond acceptors (Lipinski definition) is 3. The molecule has 15 heavy (non-hydrogen) atoms. The van der Waals surface area contributed by atoms with Gasteiger partial charge in [-0.05, 0) is 19.2 Å². The summed E-state index contributed by atoms with van der Waals surface area (Å²) in [5.41, 5.74) is 0. The Kier molecular flexibility index (Phi) is 6.48. The fourth-order valence-electron chi connectivity index (χ4n) is 1.19. The fraction of sp³-hybridized carbons (Fsp3) is 0.500. The Bertz CT molecular complexity index is 253. The van der Waals surface area contributed by atoms with Gasteiger partial charge in [-0.2, -0.15) is 0 Å². The number of likely N-dealkylation sites (N-methyl/N-ethyl adjacent to an activating group) is 1. The van der Waals surface area contributed by atoms with Crippen LogP contribution in [0.3, 0.4) is 0 Å². The molecule has 0 aliphatic rings. The second-order valence-corrected chi connectivity index (χ2v) is 4.63. The third kappa shape index (κ3) is 5.82. The number of rotatable bonds is 7. The maximum Gasteiger partial charge on any atom is 0.0589 e. The maximum atomic E-state index is 5.03. The molecule has 0 unspecified atom stereocenters. The number of ether oxygens (including phenoxy) is 1. The van der Waals surface area contributed by atoms with Gasteiger partial charge in [-0.25, -0.2) is 0 Å². The van der Waals surface area contributed by atoms with Crippen molar-refractivity contribution < 1.29 is 4.74 Å². The van der Waals surface area contributed by atoms with Crippen LogP contribution in [-0.2, 0) is 4.74 Å². The highest BCUT2D eigenvalue weighted by Crippen LogP contribution is 2.16. The SMILES string of the molecule is COCCN(C)CCSc1ccccc1. The highest BCUT2D eigenvalue weighted by Gasteiger charge is 1.98. The molecule has 0 radical (unpaired) electrons. The average molecular weight is 225 g/mol. The van der Waals surface area contributed by atoms with Crippen LogP contribution >= 0.6 is 11.8 Å². The molecule has 0 heterocycles. The Labute approximate surface area is 96.6 Å². The molecule has 0 aliphatic heterocycles. The molecule has 0 amide bonds. The summed E-state index contributed by atoms with van der Waals surface area (Å²) in [6.07, 6.45) is 0. The highest BCUT2D eigenvalue weighted by molar-refractivity contribution is 7.99. The molecule has 0 saturated carbocycles. The van der Waals surface area contributed by atoms with Gasteiger partial charge in [0, 0.05) is 30.8 Å². The van der Waals surface area contributed by atoms with Crippen molar-refractivity contribution in [3.8, 4) is 0 Å². The summed E-state index contributed by atoms with van der Waals surface area (Å²) in [4.78, 5) is 3.64. The van der Waals surface area contributed by atoms with Gasteiger partial charge in [-0.15, -0.1) is 11.8 Å². The van der Waals surface area contributed by atoms with E-state index in [1.165, 1.54) is 4.90 Å². The lowest BCUT2D eigenvalue weighted by Gasteiger charge is -2.15. The van der Waals surface area contributed by atoms with E-state index in [9.17, 15) is 0 Å². The second kappa shape index (κ2) is 7.74. The molecule has 0 saturated heterocycles. The Morgan fingerprint density at radius 3 is 2.60 bits per heavy atom. The lowest BCUT2D eigenvalue weighted by Crippen LogP contribution is -2.25. The van der Waals surface area contributed by atoms with Crippen LogP contribution < -0.4 is 0 Å². The van der Waals surface area contributed by atoms with Crippen LogP contribution in [0.2, 0.25) is 0 Å². The van der Waals surface area contributed by atoms with E-state index in [0.29, 0.717) is 0 Å². The summed E-state index contributed by atoms with van der Waals surface area (Å²) >= 11 is 1.90. The number of benzene rings is 1. The van der Waals surface area contributed by atoms with Crippen molar-refractivity contribution in [3.05, 3.63) is 30.3 Å². The highest BCUT2D eigenvalue weighted by atomic mass is 32.2. The number of hydrogen-bond donors (Lipinski definition) is 0. The second-order valence-electron chi connectivity index (χ2n) is 3.46. The van der Waals surface area contributed by atoms with Crippen molar-refractivity contribution in [2.45, 2.75) is 4.90 Å². The summed E-state index contributed by atoms with van der Waals surface area (Å²) in [5, 5.41) is 0. The lowest BCUT2D eigenvalue weighted by molar-refractivity contribution is 0.164. The molecule has 1 aromatic carbocycles. The molecule has 0 bridgehead atoms. The van der Waals surface area contributed by atoms with E-state index in [1.807, 2.05) is 11.8 Å². The fourth-order valence-corrected chi connectivity index (χ4v) is 2.18. The van der Waals surface area contributed by atoms with Crippen LogP contribution in [0.4, 0.5) is 0 Å². The predicted octanol–water partition coefficient (Wildman–Crippen LogP) is 2.36. The molecule has 3 heteroatoms. The number of nitrogens with zero attached hydrogens (tertiary/aromatic N) is 1. The molecule has 0 atom stereocenters. The summed E-state index contributed by atoms with van der Waals surface area (Å²) in [5.74, 6) is 1.13. The van der Waals surface area contributed by atoms with Crippen molar-refractivity contribution in [1.29, 1.82) is 0 Å². The normalized spacial score (nSPS) is 10.9. The zero-order valence-electron chi connectivity index (χ0n) is 9.48. The Morgan fingerprint density at radius 1 is 1.20 bits per heavy atom. The van der Waals surface area contributed by atoms with E-state index < -0.39 is 0 Å². The molecule has 0 aromatic heterocycles. The van der Waals surface area contributed by atoms with Gasteiger partial charge in [0.15, 0.2) is 0 Å². The van der Waals surface area contributed by atoms with Crippen molar-refractivity contribution in [1.82, 2.24) is 4.90 Å². The Balaban J connectivity index is 2.11. The van der Waals surface area contributed by atoms with Crippen molar-refractivity contribution >= 4 is 11.8 Å². The Hall–Kier alpha value is -0.510. The van der Waals surface area contributed by atoms with Crippen LogP contribution in [0.5, 0.6) is 0 Å². The van der Waals surface area contributed by atoms with Gasteiger partial charge in [0.25, 0.3) is 0 Å². The van der Waals surface area contributed by atoms with Crippen LogP contribution in [0.15, 0.2) is 35.2 Å². The van der Waals surface area contributed by atoms with Crippen LogP contribution in [0, 0.1) is 0 Å². The van der Waals surface area contributed by atoms with E-state index >= 15 is 0 Å². The summed E-state index contributed by atoms with van der Waals surface area (Å²) in [7, 11) is 3.87. The first-order valence-corrected chi connectivity index (χ1v) is 6.17. The smallest absolute Gasteiger partial charge is 0.0589 e. The molecule has 0 spiro atoms. The minimum Gasteiger partial charge on any atom is -0.383 e. The first kappa shape index (κ1) is 12.6. The maximum absolute atomic E-state index is 5.03. The standard InChI is InChI=1S/C12H19NOS/c1-13(8-10-14-2)9-11-15-12-6-4-3-5-7-12/h3-7H,8-11H2,1-2H3. The van der Waals surface area contributed by atoms with Gasteiger partial charge in [-0.1, -0.05) is 18.2 Å². The minimum absolute atomic E-state index is 0.812.